The maximum Gasteiger partial charge on any atom is 0.425 e. The number of hydrogen-bond donors (Lipinski definition) is 0. The lowest BCUT2D eigenvalue weighted by atomic mass is 9.97. The molecule has 3 aromatic heterocycles. The van der Waals surface area contributed by atoms with Crippen molar-refractivity contribution >= 4 is 63.5 Å². The first kappa shape index (κ1) is 34.8. The van der Waals surface area contributed by atoms with Gasteiger partial charge in [-0.15, -0.1) is 5.10 Å². The Morgan fingerprint density at radius 3 is 2.36 bits per heavy atom. The molecule has 2 amide bonds. The standard InChI is InChI=1S/C38H35Cl2N7O6/c1-37(2,3)51-35(49)47(36(50)52-38(4,5)6)34-23-9-7-19(13-30(23)53-43-34)21-11-27(41-17-21)33-26-16-25(26)29-12-20(14-32(48)46(29)33)24-15-22(39)8-10-28(24)45-18-31(40)42-44-45/h7-10,12-15,17-18,25-26,33H,11,16H2,1-6H3/t25-,26+,33+/m1/s1. The summed E-state index contributed by atoms with van der Waals surface area (Å²) in [4.78, 5) is 46.0. The zero-order valence-electron chi connectivity index (χ0n) is 29.8. The Morgan fingerprint density at radius 1 is 0.943 bits per heavy atom. The Hall–Kier alpha value is -5.27. The van der Waals surface area contributed by atoms with Crippen LogP contribution in [0, 0.1) is 5.92 Å². The molecule has 1 fully saturated rings. The summed E-state index contributed by atoms with van der Waals surface area (Å²) in [5.74, 6) is 0.469. The number of imide groups is 1. The molecule has 0 radical (unpaired) electrons. The van der Waals surface area contributed by atoms with Gasteiger partial charge < -0.3 is 18.6 Å². The second-order valence-electron chi connectivity index (χ2n) is 15.4. The molecule has 15 heteroatoms. The average molecular weight is 757 g/mol. The van der Waals surface area contributed by atoms with Crippen LogP contribution in [0.3, 0.4) is 0 Å². The molecule has 3 atom stereocenters. The monoisotopic (exact) mass is 755 g/mol. The van der Waals surface area contributed by atoms with Gasteiger partial charge in [0.2, 0.25) is 0 Å². The third-order valence-corrected chi connectivity index (χ3v) is 9.68. The van der Waals surface area contributed by atoms with Gasteiger partial charge in [0.25, 0.3) is 5.56 Å². The first-order chi connectivity index (χ1) is 25.0. The van der Waals surface area contributed by atoms with E-state index in [0.29, 0.717) is 28.1 Å². The second-order valence-corrected chi connectivity index (χ2v) is 16.3. The van der Waals surface area contributed by atoms with Crippen LogP contribution in [0.15, 0.2) is 75.2 Å². The Balaban J connectivity index is 1.05. The average Bonchev–Trinajstić information content (AvgIpc) is 3.42. The molecule has 272 valence electrons. The number of aromatic nitrogens is 5. The van der Waals surface area contributed by atoms with E-state index in [4.69, 9.17) is 42.2 Å². The molecule has 2 aliphatic heterocycles. The van der Waals surface area contributed by atoms with Crippen LogP contribution in [0.25, 0.3) is 33.4 Å². The predicted octanol–water partition coefficient (Wildman–Crippen LogP) is 8.76. The van der Waals surface area contributed by atoms with Gasteiger partial charge >= 0.3 is 12.2 Å². The van der Waals surface area contributed by atoms with Crippen LogP contribution in [0.2, 0.25) is 10.2 Å². The van der Waals surface area contributed by atoms with Crippen LogP contribution in [0.1, 0.15) is 77.6 Å². The molecule has 5 aromatic rings. The number of ether oxygens (including phenoxy) is 2. The van der Waals surface area contributed by atoms with Gasteiger partial charge in [-0.2, -0.15) is 4.90 Å². The molecule has 1 aliphatic carbocycles. The van der Waals surface area contributed by atoms with E-state index in [9.17, 15) is 14.4 Å². The number of carbonyl (C=O) groups is 2. The highest BCUT2D eigenvalue weighted by atomic mass is 35.5. The highest BCUT2D eigenvalue weighted by Gasteiger charge is 2.54. The minimum atomic E-state index is -0.937. The van der Waals surface area contributed by atoms with E-state index in [2.05, 4.69) is 21.5 Å². The van der Waals surface area contributed by atoms with Crippen LogP contribution in [0.4, 0.5) is 15.4 Å². The number of hydrogen-bond acceptors (Lipinski definition) is 10. The minimum Gasteiger partial charge on any atom is -0.443 e. The predicted molar refractivity (Wildman–Crippen MR) is 200 cm³/mol. The van der Waals surface area contributed by atoms with E-state index in [0.717, 1.165) is 45.0 Å². The van der Waals surface area contributed by atoms with E-state index >= 15 is 0 Å². The molecule has 1 saturated carbocycles. The van der Waals surface area contributed by atoms with E-state index in [1.807, 2.05) is 29.0 Å². The summed E-state index contributed by atoms with van der Waals surface area (Å²) in [7, 11) is 0. The SMILES string of the molecule is CC(C)(C)OC(=O)N(C(=O)OC(C)(C)C)c1noc2cc(C3=CN=C([C@@H]4[C@H]5C[C@H]5c5cc(-c6cc(Cl)ccc6-n6cc(Cl)nn6)cc(=O)n54)C3)ccc12. The lowest BCUT2D eigenvalue weighted by Gasteiger charge is -2.27. The third kappa shape index (κ3) is 6.52. The van der Waals surface area contributed by atoms with Crippen molar-refractivity contribution in [1.82, 2.24) is 24.7 Å². The first-order valence-electron chi connectivity index (χ1n) is 17.1. The Kier molecular flexibility index (Phi) is 8.15. The van der Waals surface area contributed by atoms with E-state index < -0.39 is 23.4 Å². The summed E-state index contributed by atoms with van der Waals surface area (Å²) in [6.07, 6.45) is 3.04. The second kappa shape index (κ2) is 12.4. The number of rotatable bonds is 5. The summed E-state index contributed by atoms with van der Waals surface area (Å²) in [6, 6.07) is 14.3. The smallest absolute Gasteiger partial charge is 0.425 e. The number of halogens is 2. The number of aliphatic imine (C=N–C) groups is 1. The summed E-state index contributed by atoms with van der Waals surface area (Å²) >= 11 is 12.5. The van der Waals surface area contributed by atoms with Crippen molar-refractivity contribution in [3.63, 3.8) is 0 Å². The lowest BCUT2D eigenvalue weighted by Crippen LogP contribution is -2.44. The molecule has 13 nitrogen and oxygen atoms in total. The van der Waals surface area contributed by atoms with Crippen LogP contribution in [-0.2, 0) is 9.47 Å². The van der Waals surface area contributed by atoms with Gasteiger partial charge in [-0.25, -0.2) is 14.3 Å². The number of anilines is 1. The van der Waals surface area contributed by atoms with Gasteiger partial charge in [-0.3, -0.25) is 9.79 Å². The minimum absolute atomic E-state index is 0.0385. The molecular formula is C38H35Cl2N7O6. The first-order valence-corrected chi connectivity index (χ1v) is 17.9. The van der Waals surface area contributed by atoms with Crippen LogP contribution >= 0.6 is 23.2 Å². The van der Waals surface area contributed by atoms with Crippen molar-refractivity contribution in [3.8, 4) is 16.8 Å². The summed E-state index contributed by atoms with van der Waals surface area (Å²) in [5, 5.41) is 13.3. The Morgan fingerprint density at radius 2 is 1.68 bits per heavy atom. The molecule has 0 bridgehead atoms. The van der Waals surface area contributed by atoms with Gasteiger partial charge in [0, 0.05) is 46.6 Å². The number of carbonyl (C=O) groups excluding carboxylic acids is 2. The Labute approximate surface area is 313 Å². The van der Waals surface area contributed by atoms with Crippen molar-refractivity contribution in [3.05, 3.63) is 92.7 Å². The van der Waals surface area contributed by atoms with Crippen LogP contribution < -0.4 is 10.5 Å². The van der Waals surface area contributed by atoms with Gasteiger partial charge in [-0.05, 0) is 107 Å². The summed E-state index contributed by atoms with van der Waals surface area (Å²) in [5.41, 5.74) is 4.30. The fraction of sp³-hybridized carbons (Fsp3) is 0.342. The van der Waals surface area contributed by atoms with Gasteiger partial charge in [-0.1, -0.05) is 39.6 Å². The molecule has 0 spiro atoms. The molecule has 5 heterocycles. The zero-order chi connectivity index (χ0) is 37.6. The molecule has 2 aromatic carbocycles. The maximum atomic E-state index is 13.9. The number of benzene rings is 2. The molecule has 0 saturated heterocycles. The lowest BCUT2D eigenvalue weighted by molar-refractivity contribution is 0.0428. The molecule has 0 N–H and O–H groups in total. The number of fused-ring (bicyclic) bond motifs is 4. The molecule has 0 unspecified atom stereocenters. The fourth-order valence-corrected chi connectivity index (χ4v) is 7.38. The Bertz CT molecular complexity index is 2440. The quantitative estimate of drug-likeness (QED) is 0.172. The third-order valence-electron chi connectivity index (χ3n) is 9.27. The van der Waals surface area contributed by atoms with Gasteiger partial charge in [0.1, 0.15) is 11.2 Å². The number of pyridine rings is 1. The number of allylic oxidation sites excluding steroid dienone is 1. The van der Waals surface area contributed by atoms with Gasteiger partial charge in [0.05, 0.1) is 23.3 Å². The van der Waals surface area contributed by atoms with Gasteiger partial charge in [0.15, 0.2) is 16.6 Å². The van der Waals surface area contributed by atoms with Crippen molar-refractivity contribution in [2.75, 3.05) is 4.90 Å². The van der Waals surface area contributed by atoms with Crippen LogP contribution in [0.5, 0.6) is 0 Å². The van der Waals surface area contributed by atoms with E-state index in [-0.39, 0.29) is 34.4 Å². The maximum absolute atomic E-state index is 13.9. The normalized spacial score (nSPS) is 19.1. The molecule has 3 aliphatic rings. The molecule has 53 heavy (non-hydrogen) atoms. The largest absolute Gasteiger partial charge is 0.443 e. The van der Waals surface area contributed by atoms with E-state index in [1.165, 1.54) is 0 Å². The molecule has 8 rings (SSSR count). The highest BCUT2D eigenvalue weighted by Crippen LogP contribution is 2.60. The summed E-state index contributed by atoms with van der Waals surface area (Å²) in [6.45, 7) is 10.2. The van der Waals surface area contributed by atoms with Crippen molar-refractivity contribution in [2.24, 2.45) is 10.9 Å². The van der Waals surface area contributed by atoms with Crippen molar-refractivity contribution in [1.29, 1.82) is 0 Å². The topological polar surface area (TPSA) is 147 Å². The zero-order valence-corrected chi connectivity index (χ0v) is 31.3. The van der Waals surface area contributed by atoms with E-state index in [1.54, 1.807) is 76.7 Å². The highest BCUT2D eigenvalue weighted by molar-refractivity contribution is 6.31. The fourth-order valence-electron chi connectivity index (χ4n) is 7.08. The number of amides is 2. The molecular weight excluding hydrogens is 721 g/mol. The van der Waals surface area contributed by atoms with Crippen LogP contribution in [-0.4, -0.2) is 53.8 Å². The summed E-state index contributed by atoms with van der Waals surface area (Å²) < 4.78 is 20.1. The van der Waals surface area contributed by atoms with Crippen molar-refractivity contribution in [2.45, 2.75) is 77.5 Å². The number of nitrogens with zero attached hydrogens (tertiary/aromatic N) is 7. The van der Waals surface area contributed by atoms with Crippen molar-refractivity contribution < 1.29 is 23.6 Å².